The molecule has 3 aliphatic heterocycles. The van der Waals surface area contributed by atoms with Crippen LogP contribution in [0.5, 0.6) is 11.5 Å². The Hall–Kier alpha value is -3.60. The van der Waals surface area contributed by atoms with Crippen LogP contribution in [-0.4, -0.2) is 78.7 Å². The lowest BCUT2D eigenvalue weighted by Gasteiger charge is -2.35. The van der Waals surface area contributed by atoms with Crippen molar-refractivity contribution in [2.75, 3.05) is 56.3 Å². The van der Waals surface area contributed by atoms with Crippen molar-refractivity contribution in [3.05, 3.63) is 30.0 Å². The van der Waals surface area contributed by atoms with Crippen molar-refractivity contribution in [1.82, 2.24) is 15.0 Å². The molecule has 2 fully saturated rings. The first-order valence-corrected chi connectivity index (χ1v) is 10.9. The van der Waals surface area contributed by atoms with Gasteiger partial charge in [0.15, 0.2) is 17.3 Å². The Balaban J connectivity index is 1.12. The third-order valence-corrected chi connectivity index (χ3v) is 6.09. The molecule has 11 nitrogen and oxygen atoms in total. The Morgan fingerprint density at radius 3 is 2.67 bits per heavy atom. The largest absolute Gasteiger partial charge is 0.454 e. The van der Waals surface area contributed by atoms with Crippen molar-refractivity contribution in [1.29, 1.82) is 0 Å². The van der Waals surface area contributed by atoms with Crippen molar-refractivity contribution < 1.29 is 28.4 Å². The van der Waals surface area contributed by atoms with Crippen molar-refractivity contribution in [2.45, 2.75) is 13.3 Å². The molecule has 0 radical (unpaired) electrons. The maximum Gasteiger partial charge on any atom is 0.239 e. The monoisotopic (exact) mass is 455 g/mol. The van der Waals surface area contributed by atoms with E-state index in [1.54, 1.807) is 34.9 Å². The fourth-order valence-corrected chi connectivity index (χ4v) is 4.37. The van der Waals surface area contributed by atoms with Crippen LogP contribution in [0.4, 0.5) is 11.5 Å². The standard InChI is InChI=1S/C22H25N5O6/c1-14-8-19(24-33-14)23-20(28)12-25-4-6-26(7-5-25)22(30)15-9-21(29)27(11-15)16-2-3-17-18(10-16)32-13-31-17/h2-3,8,10,15H,4-7,9,11-13H2,1H3,(H,23,24,28)/t15-/m1/s1. The number of aromatic nitrogens is 1. The molecular weight excluding hydrogens is 430 g/mol. The van der Waals surface area contributed by atoms with Crippen LogP contribution in [-0.2, 0) is 14.4 Å². The maximum absolute atomic E-state index is 13.1. The topological polar surface area (TPSA) is 117 Å². The number of anilines is 2. The van der Waals surface area contributed by atoms with Crippen LogP contribution in [0.3, 0.4) is 0 Å². The van der Waals surface area contributed by atoms with Gasteiger partial charge in [0.1, 0.15) is 5.76 Å². The van der Waals surface area contributed by atoms with E-state index in [1.165, 1.54) is 0 Å². The van der Waals surface area contributed by atoms with Gasteiger partial charge < -0.3 is 29.1 Å². The van der Waals surface area contributed by atoms with Gasteiger partial charge >= 0.3 is 0 Å². The lowest BCUT2D eigenvalue weighted by atomic mass is 10.1. The lowest BCUT2D eigenvalue weighted by molar-refractivity contribution is -0.137. The lowest BCUT2D eigenvalue weighted by Crippen LogP contribution is -2.52. The fraction of sp³-hybridized carbons (Fsp3) is 0.455. The van der Waals surface area contributed by atoms with Crippen molar-refractivity contribution in [2.24, 2.45) is 5.92 Å². The highest BCUT2D eigenvalue weighted by Gasteiger charge is 2.38. The van der Waals surface area contributed by atoms with Gasteiger partial charge in [-0.05, 0) is 19.1 Å². The van der Waals surface area contributed by atoms with Gasteiger partial charge in [-0.25, -0.2) is 0 Å². The Bertz CT molecular complexity index is 1080. The predicted molar refractivity (Wildman–Crippen MR) is 116 cm³/mol. The molecule has 0 saturated carbocycles. The fourth-order valence-electron chi connectivity index (χ4n) is 4.37. The number of nitrogens with zero attached hydrogens (tertiary/aromatic N) is 4. The number of aryl methyl sites for hydroxylation is 1. The Morgan fingerprint density at radius 1 is 1.12 bits per heavy atom. The van der Waals surface area contributed by atoms with Gasteiger partial charge in [0, 0.05) is 57.0 Å². The summed E-state index contributed by atoms with van der Waals surface area (Å²) in [5.74, 6) is 1.62. The second kappa shape index (κ2) is 8.74. The zero-order chi connectivity index (χ0) is 22.9. The second-order valence-electron chi connectivity index (χ2n) is 8.42. The van der Waals surface area contributed by atoms with Crippen molar-refractivity contribution in [3.8, 4) is 11.5 Å². The van der Waals surface area contributed by atoms with Crippen LogP contribution < -0.4 is 19.7 Å². The number of carbonyl (C=O) groups is 3. The number of benzene rings is 1. The molecular formula is C22H25N5O6. The summed E-state index contributed by atoms with van der Waals surface area (Å²) < 4.78 is 15.7. The highest BCUT2D eigenvalue weighted by Crippen LogP contribution is 2.37. The number of fused-ring (bicyclic) bond motifs is 1. The quantitative estimate of drug-likeness (QED) is 0.705. The molecule has 1 aromatic heterocycles. The summed E-state index contributed by atoms with van der Waals surface area (Å²) in [5.41, 5.74) is 0.706. The highest BCUT2D eigenvalue weighted by molar-refractivity contribution is 6.00. The van der Waals surface area contributed by atoms with E-state index < -0.39 is 0 Å². The second-order valence-corrected chi connectivity index (χ2v) is 8.42. The SMILES string of the molecule is Cc1cc(NC(=O)CN2CCN(C(=O)[C@@H]3CC(=O)N(c4ccc5c(c4)OCO5)C3)CC2)no1. The van der Waals surface area contributed by atoms with Crippen LogP contribution in [0.15, 0.2) is 28.8 Å². The van der Waals surface area contributed by atoms with Crippen LogP contribution in [0.1, 0.15) is 12.2 Å². The number of piperazine rings is 1. The Labute approximate surface area is 190 Å². The summed E-state index contributed by atoms with van der Waals surface area (Å²) >= 11 is 0. The molecule has 1 aromatic carbocycles. The van der Waals surface area contributed by atoms with Gasteiger partial charge in [-0.1, -0.05) is 5.16 Å². The highest BCUT2D eigenvalue weighted by atomic mass is 16.7. The number of hydrogen-bond acceptors (Lipinski definition) is 8. The molecule has 174 valence electrons. The van der Waals surface area contributed by atoms with Gasteiger partial charge in [0.2, 0.25) is 24.5 Å². The van der Waals surface area contributed by atoms with E-state index in [-0.39, 0.29) is 43.4 Å². The maximum atomic E-state index is 13.1. The third-order valence-electron chi connectivity index (χ3n) is 6.09. The molecule has 0 unspecified atom stereocenters. The molecule has 11 heteroatoms. The van der Waals surface area contributed by atoms with E-state index >= 15 is 0 Å². The van der Waals surface area contributed by atoms with Crippen LogP contribution >= 0.6 is 0 Å². The van der Waals surface area contributed by atoms with Crippen molar-refractivity contribution >= 4 is 29.2 Å². The number of carbonyl (C=O) groups excluding carboxylic acids is 3. The molecule has 2 saturated heterocycles. The summed E-state index contributed by atoms with van der Waals surface area (Å²) in [5, 5.41) is 6.46. The first-order chi connectivity index (χ1) is 16.0. The molecule has 33 heavy (non-hydrogen) atoms. The summed E-state index contributed by atoms with van der Waals surface area (Å²) in [6.07, 6.45) is 0.188. The van der Waals surface area contributed by atoms with E-state index in [0.29, 0.717) is 61.5 Å². The van der Waals surface area contributed by atoms with Gasteiger partial charge in [0.25, 0.3) is 0 Å². The number of amides is 3. The predicted octanol–water partition coefficient (Wildman–Crippen LogP) is 0.848. The van der Waals surface area contributed by atoms with Crippen LogP contribution in [0.2, 0.25) is 0 Å². The minimum atomic E-state index is -0.381. The van der Waals surface area contributed by atoms with E-state index in [2.05, 4.69) is 10.5 Å². The summed E-state index contributed by atoms with van der Waals surface area (Å²) in [7, 11) is 0. The molecule has 0 spiro atoms. The van der Waals surface area contributed by atoms with E-state index in [9.17, 15) is 14.4 Å². The first kappa shape index (κ1) is 21.3. The van der Waals surface area contributed by atoms with Crippen LogP contribution in [0.25, 0.3) is 0 Å². The minimum absolute atomic E-state index is 0.0197. The smallest absolute Gasteiger partial charge is 0.239 e. The third kappa shape index (κ3) is 4.49. The average Bonchev–Trinajstić information content (AvgIpc) is 3.53. The van der Waals surface area contributed by atoms with E-state index in [4.69, 9.17) is 14.0 Å². The molecule has 1 atom stereocenters. The average molecular weight is 455 g/mol. The van der Waals surface area contributed by atoms with E-state index in [0.717, 1.165) is 0 Å². The molecule has 3 amide bonds. The van der Waals surface area contributed by atoms with Gasteiger partial charge in [-0.3, -0.25) is 19.3 Å². The van der Waals surface area contributed by atoms with Crippen LogP contribution in [0, 0.1) is 12.8 Å². The summed E-state index contributed by atoms with van der Waals surface area (Å²) in [6.45, 7) is 4.69. The number of nitrogens with one attached hydrogen (secondary N) is 1. The molecule has 5 rings (SSSR count). The zero-order valence-corrected chi connectivity index (χ0v) is 18.3. The summed E-state index contributed by atoms with van der Waals surface area (Å²) in [6, 6.07) is 7.02. The molecule has 1 N–H and O–H groups in total. The minimum Gasteiger partial charge on any atom is -0.454 e. The number of rotatable bonds is 5. The molecule has 0 bridgehead atoms. The van der Waals surface area contributed by atoms with Gasteiger partial charge in [-0.2, -0.15) is 0 Å². The zero-order valence-electron chi connectivity index (χ0n) is 18.3. The molecule has 2 aromatic rings. The Morgan fingerprint density at radius 2 is 1.91 bits per heavy atom. The summed E-state index contributed by atoms with van der Waals surface area (Å²) in [4.78, 5) is 43.3. The van der Waals surface area contributed by atoms with Crippen molar-refractivity contribution in [3.63, 3.8) is 0 Å². The number of ether oxygens (including phenoxy) is 2. The Kier molecular flexibility index (Phi) is 5.63. The van der Waals surface area contributed by atoms with E-state index in [1.807, 2.05) is 11.0 Å². The first-order valence-electron chi connectivity index (χ1n) is 10.9. The van der Waals surface area contributed by atoms with Gasteiger partial charge in [-0.15, -0.1) is 0 Å². The number of hydrogen-bond donors (Lipinski definition) is 1. The molecule has 0 aliphatic carbocycles. The molecule has 3 aliphatic rings. The van der Waals surface area contributed by atoms with Gasteiger partial charge in [0.05, 0.1) is 12.5 Å². The normalized spacial score (nSPS) is 20.4. The molecule has 4 heterocycles.